The first kappa shape index (κ1) is 17.3. The molecule has 0 aliphatic heterocycles. The van der Waals surface area contributed by atoms with Gasteiger partial charge in [0.2, 0.25) is 6.10 Å². The standard InChI is InChI=1S/C16H15BrClN3O2/c1-10(16(22)20-14-7-3-5-12(17)9-14)23-21-15(19)11-4-2-6-13(18)8-11/h2-10H,1H3,(H2,19,21)(H,20,22). The summed E-state index contributed by atoms with van der Waals surface area (Å²) in [6, 6.07) is 14.1. The summed E-state index contributed by atoms with van der Waals surface area (Å²) in [6.07, 6.45) is -0.799. The predicted molar refractivity (Wildman–Crippen MR) is 95.5 cm³/mol. The van der Waals surface area contributed by atoms with Crippen LogP contribution >= 0.6 is 27.5 Å². The number of amides is 1. The van der Waals surface area contributed by atoms with Gasteiger partial charge in [-0.3, -0.25) is 4.79 Å². The van der Waals surface area contributed by atoms with E-state index in [1.807, 2.05) is 12.1 Å². The van der Waals surface area contributed by atoms with Gasteiger partial charge in [-0.2, -0.15) is 0 Å². The Kier molecular flexibility index (Phi) is 6.01. The lowest BCUT2D eigenvalue weighted by atomic mass is 10.2. The average Bonchev–Trinajstić information content (AvgIpc) is 2.52. The third-order valence-electron chi connectivity index (χ3n) is 2.89. The summed E-state index contributed by atoms with van der Waals surface area (Å²) in [5.41, 5.74) is 7.09. The number of carbonyl (C=O) groups excluding carboxylic acids is 1. The molecule has 2 rings (SSSR count). The quantitative estimate of drug-likeness (QED) is 0.459. The summed E-state index contributed by atoms with van der Waals surface area (Å²) in [5, 5.41) is 7.05. The van der Waals surface area contributed by atoms with Gasteiger partial charge in [-0.1, -0.05) is 50.9 Å². The van der Waals surface area contributed by atoms with E-state index in [0.717, 1.165) is 4.47 Å². The molecule has 2 aromatic carbocycles. The summed E-state index contributed by atoms with van der Waals surface area (Å²) < 4.78 is 0.868. The number of halogens is 2. The molecule has 1 unspecified atom stereocenters. The Bertz CT molecular complexity index is 737. The van der Waals surface area contributed by atoms with Crippen molar-refractivity contribution in [2.24, 2.45) is 10.9 Å². The van der Waals surface area contributed by atoms with Gasteiger partial charge in [-0.25, -0.2) is 0 Å². The number of nitrogens with zero attached hydrogens (tertiary/aromatic N) is 1. The van der Waals surface area contributed by atoms with Gasteiger partial charge >= 0.3 is 0 Å². The van der Waals surface area contributed by atoms with Crippen molar-refractivity contribution in [1.29, 1.82) is 0 Å². The fraction of sp³-hybridized carbons (Fsp3) is 0.125. The zero-order valence-electron chi connectivity index (χ0n) is 12.3. The maximum atomic E-state index is 12.0. The fourth-order valence-corrected chi connectivity index (χ4v) is 2.28. The molecule has 0 bridgehead atoms. The molecule has 120 valence electrons. The van der Waals surface area contributed by atoms with E-state index in [2.05, 4.69) is 26.4 Å². The van der Waals surface area contributed by atoms with Gasteiger partial charge in [0.1, 0.15) is 0 Å². The zero-order chi connectivity index (χ0) is 16.8. The minimum atomic E-state index is -0.799. The molecule has 1 amide bonds. The van der Waals surface area contributed by atoms with Crippen LogP contribution < -0.4 is 11.1 Å². The van der Waals surface area contributed by atoms with Crippen molar-refractivity contribution in [3.63, 3.8) is 0 Å². The van der Waals surface area contributed by atoms with E-state index < -0.39 is 6.10 Å². The highest BCUT2D eigenvalue weighted by atomic mass is 79.9. The van der Waals surface area contributed by atoms with Crippen molar-refractivity contribution in [2.75, 3.05) is 5.32 Å². The van der Waals surface area contributed by atoms with Crippen molar-refractivity contribution in [3.05, 3.63) is 63.6 Å². The lowest BCUT2D eigenvalue weighted by Crippen LogP contribution is -2.27. The SMILES string of the molecule is CC(O/N=C(\N)c1cccc(Cl)c1)C(=O)Nc1cccc(Br)c1. The summed E-state index contributed by atoms with van der Waals surface area (Å²) in [7, 11) is 0. The molecule has 23 heavy (non-hydrogen) atoms. The molecular formula is C16H15BrClN3O2. The first-order chi connectivity index (χ1) is 11.0. The van der Waals surface area contributed by atoms with E-state index in [1.54, 1.807) is 43.3 Å². The van der Waals surface area contributed by atoms with Crippen molar-refractivity contribution in [1.82, 2.24) is 0 Å². The Morgan fingerprint density at radius 1 is 1.30 bits per heavy atom. The molecule has 0 radical (unpaired) electrons. The summed E-state index contributed by atoms with van der Waals surface area (Å²) in [4.78, 5) is 17.2. The third-order valence-corrected chi connectivity index (χ3v) is 3.62. The number of carbonyl (C=O) groups is 1. The molecule has 0 heterocycles. The van der Waals surface area contributed by atoms with Crippen LogP contribution in [0.4, 0.5) is 5.69 Å². The molecule has 5 nitrogen and oxygen atoms in total. The van der Waals surface area contributed by atoms with Crippen LogP contribution in [0.1, 0.15) is 12.5 Å². The Morgan fingerprint density at radius 3 is 2.74 bits per heavy atom. The zero-order valence-corrected chi connectivity index (χ0v) is 14.6. The molecule has 0 aliphatic rings. The number of oxime groups is 1. The number of anilines is 1. The number of hydrogen-bond acceptors (Lipinski definition) is 3. The average molecular weight is 397 g/mol. The Hall–Kier alpha value is -2.05. The molecule has 0 fully saturated rings. The van der Waals surface area contributed by atoms with Crippen molar-refractivity contribution >= 4 is 45.0 Å². The van der Waals surface area contributed by atoms with Crippen molar-refractivity contribution in [2.45, 2.75) is 13.0 Å². The van der Waals surface area contributed by atoms with E-state index in [-0.39, 0.29) is 11.7 Å². The molecule has 0 aliphatic carbocycles. The van der Waals surface area contributed by atoms with Gasteiger partial charge in [0.25, 0.3) is 5.91 Å². The van der Waals surface area contributed by atoms with Gasteiger partial charge in [0.05, 0.1) is 0 Å². The van der Waals surface area contributed by atoms with Crippen LogP contribution in [0.3, 0.4) is 0 Å². The highest BCUT2D eigenvalue weighted by Gasteiger charge is 2.15. The molecule has 7 heteroatoms. The van der Waals surface area contributed by atoms with Crippen molar-refractivity contribution in [3.8, 4) is 0 Å². The van der Waals surface area contributed by atoms with E-state index in [0.29, 0.717) is 16.3 Å². The van der Waals surface area contributed by atoms with E-state index in [1.165, 1.54) is 0 Å². The minimum absolute atomic E-state index is 0.148. The maximum Gasteiger partial charge on any atom is 0.267 e. The Morgan fingerprint density at radius 2 is 2.04 bits per heavy atom. The molecule has 0 aromatic heterocycles. The van der Waals surface area contributed by atoms with Gasteiger partial charge in [0.15, 0.2) is 5.84 Å². The fourth-order valence-electron chi connectivity index (χ4n) is 1.69. The number of nitrogens with two attached hydrogens (primary N) is 1. The number of amidine groups is 1. The van der Waals surface area contributed by atoms with Crippen LogP contribution in [-0.2, 0) is 9.63 Å². The van der Waals surface area contributed by atoms with Crippen LogP contribution in [0.15, 0.2) is 58.2 Å². The molecule has 1 atom stereocenters. The number of rotatable bonds is 5. The monoisotopic (exact) mass is 395 g/mol. The smallest absolute Gasteiger partial charge is 0.267 e. The second-order valence-electron chi connectivity index (χ2n) is 4.73. The van der Waals surface area contributed by atoms with Crippen LogP contribution in [-0.4, -0.2) is 17.8 Å². The molecule has 0 saturated heterocycles. The minimum Gasteiger partial charge on any atom is -0.381 e. The molecule has 0 saturated carbocycles. The predicted octanol–water partition coefficient (Wildman–Crippen LogP) is 3.77. The molecule has 0 spiro atoms. The van der Waals surface area contributed by atoms with E-state index >= 15 is 0 Å². The van der Waals surface area contributed by atoms with Crippen LogP contribution in [0.2, 0.25) is 5.02 Å². The second kappa shape index (κ2) is 7.99. The lowest BCUT2D eigenvalue weighted by molar-refractivity contribution is -0.126. The number of benzene rings is 2. The number of nitrogens with one attached hydrogen (secondary N) is 1. The highest BCUT2D eigenvalue weighted by Crippen LogP contribution is 2.16. The molecular weight excluding hydrogens is 382 g/mol. The summed E-state index contributed by atoms with van der Waals surface area (Å²) in [6.45, 7) is 1.59. The van der Waals surface area contributed by atoms with Gasteiger partial charge < -0.3 is 15.9 Å². The second-order valence-corrected chi connectivity index (χ2v) is 6.09. The van der Waals surface area contributed by atoms with Crippen LogP contribution in [0.5, 0.6) is 0 Å². The third kappa shape index (κ3) is 5.26. The highest BCUT2D eigenvalue weighted by molar-refractivity contribution is 9.10. The molecule has 2 aromatic rings. The molecule has 3 N–H and O–H groups in total. The Labute approximate surface area is 147 Å². The summed E-state index contributed by atoms with van der Waals surface area (Å²) in [5.74, 6) is -0.180. The van der Waals surface area contributed by atoms with Gasteiger partial charge in [-0.15, -0.1) is 0 Å². The van der Waals surface area contributed by atoms with Gasteiger partial charge in [0, 0.05) is 20.7 Å². The van der Waals surface area contributed by atoms with Crippen molar-refractivity contribution < 1.29 is 9.63 Å². The lowest BCUT2D eigenvalue weighted by Gasteiger charge is -2.11. The first-order valence-electron chi connectivity index (χ1n) is 6.77. The van der Waals surface area contributed by atoms with E-state index in [9.17, 15) is 4.79 Å². The number of hydrogen-bond donors (Lipinski definition) is 2. The van der Waals surface area contributed by atoms with Gasteiger partial charge in [-0.05, 0) is 37.3 Å². The van der Waals surface area contributed by atoms with E-state index in [4.69, 9.17) is 22.2 Å². The largest absolute Gasteiger partial charge is 0.381 e. The maximum absolute atomic E-state index is 12.0. The topological polar surface area (TPSA) is 76.7 Å². The van der Waals surface area contributed by atoms with Crippen LogP contribution in [0.25, 0.3) is 0 Å². The Balaban J connectivity index is 1.96. The van der Waals surface area contributed by atoms with Crippen LogP contribution in [0, 0.1) is 0 Å². The normalized spacial score (nSPS) is 12.6. The first-order valence-corrected chi connectivity index (χ1v) is 7.94. The summed E-state index contributed by atoms with van der Waals surface area (Å²) >= 11 is 9.22.